The third-order valence-electron chi connectivity index (χ3n) is 3.91. The molecule has 0 bridgehead atoms. The zero-order chi connectivity index (χ0) is 17.1. The van der Waals surface area contributed by atoms with Crippen LogP contribution in [0.4, 0.5) is 0 Å². The van der Waals surface area contributed by atoms with Crippen LogP contribution >= 0.6 is 23.2 Å². The molecule has 1 heterocycles. The summed E-state index contributed by atoms with van der Waals surface area (Å²) >= 11 is 12.1. The second-order valence-corrected chi connectivity index (χ2v) is 6.66. The lowest BCUT2D eigenvalue weighted by Crippen LogP contribution is -2.41. The third-order valence-corrected chi connectivity index (χ3v) is 4.72. The predicted molar refractivity (Wildman–Crippen MR) is 94.4 cm³/mol. The average Bonchev–Trinajstić information content (AvgIpc) is 3.42. The molecular formula is C18H18Cl2N2O2. The molecular weight excluding hydrogens is 347 g/mol. The van der Waals surface area contributed by atoms with Crippen LogP contribution in [-0.4, -0.2) is 27.9 Å². The van der Waals surface area contributed by atoms with Gasteiger partial charge in [-0.3, -0.25) is 9.78 Å². The van der Waals surface area contributed by atoms with Crippen molar-refractivity contribution in [3.05, 3.63) is 58.3 Å². The Labute approximate surface area is 151 Å². The van der Waals surface area contributed by atoms with Gasteiger partial charge in [-0.25, -0.2) is 0 Å². The summed E-state index contributed by atoms with van der Waals surface area (Å²) < 4.78 is 5.76. The molecule has 126 valence electrons. The Bertz CT molecular complexity index is 720. The number of amides is 1. The van der Waals surface area contributed by atoms with E-state index in [1.54, 1.807) is 37.5 Å². The minimum absolute atomic E-state index is 0.0580. The maximum absolute atomic E-state index is 12.8. The molecule has 0 aliphatic heterocycles. The normalized spacial score (nSPS) is 15.0. The van der Waals surface area contributed by atoms with E-state index in [1.165, 1.54) is 0 Å². The van der Waals surface area contributed by atoms with E-state index in [0.29, 0.717) is 22.3 Å². The molecule has 4 nitrogen and oxygen atoms in total. The van der Waals surface area contributed by atoms with E-state index in [4.69, 9.17) is 27.9 Å². The molecule has 0 spiro atoms. The number of hydrogen-bond donors (Lipinski definition) is 0. The second kappa shape index (κ2) is 7.41. The van der Waals surface area contributed by atoms with Crippen molar-refractivity contribution in [3.63, 3.8) is 0 Å². The zero-order valence-electron chi connectivity index (χ0n) is 13.3. The lowest BCUT2D eigenvalue weighted by molar-refractivity contribution is -0.139. The lowest BCUT2D eigenvalue weighted by atomic mass is 10.2. The highest BCUT2D eigenvalue weighted by atomic mass is 35.5. The van der Waals surface area contributed by atoms with Crippen molar-refractivity contribution in [1.29, 1.82) is 0 Å². The zero-order valence-corrected chi connectivity index (χ0v) is 14.8. The van der Waals surface area contributed by atoms with Crippen LogP contribution in [0.15, 0.2) is 42.7 Å². The van der Waals surface area contributed by atoms with E-state index in [2.05, 4.69) is 4.98 Å². The van der Waals surface area contributed by atoms with Crippen molar-refractivity contribution >= 4 is 29.1 Å². The van der Waals surface area contributed by atoms with Gasteiger partial charge in [0, 0.05) is 25.0 Å². The number of hydrogen-bond acceptors (Lipinski definition) is 3. The molecule has 2 aromatic rings. The Morgan fingerprint density at radius 3 is 2.79 bits per heavy atom. The molecule has 6 heteroatoms. The van der Waals surface area contributed by atoms with Gasteiger partial charge < -0.3 is 9.64 Å². The average molecular weight is 365 g/mol. The molecule has 1 atom stereocenters. The van der Waals surface area contributed by atoms with Crippen LogP contribution in [-0.2, 0) is 11.3 Å². The van der Waals surface area contributed by atoms with Gasteiger partial charge in [-0.1, -0.05) is 35.3 Å². The monoisotopic (exact) mass is 364 g/mol. The van der Waals surface area contributed by atoms with Crippen LogP contribution in [0.5, 0.6) is 5.75 Å². The molecule has 1 amide bonds. The van der Waals surface area contributed by atoms with E-state index >= 15 is 0 Å². The van der Waals surface area contributed by atoms with Crippen LogP contribution in [0.1, 0.15) is 25.3 Å². The summed E-state index contributed by atoms with van der Waals surface area (Å²) in [4.78, 5) is 18.8. The van der Waals surface area contributed by atoms with Crippen LogP contribution in [0.2, 0.25) is 10.0 Å². The minimum atomic E-state index is -0.641. The topological polar surface area (TPSA) is 42.4 Å². The smallest absolute Gasteiger partial charge is 0.263 e. The first-order chi connectivity index (χ1) is 11.6. The van der Waals surface area contributed by atoms with E-state index < -0.39 is 6.10 Å². The van der Waals surface area contributed by atoms with Gasteiger partial charge in [0.05, 0.1) is 5.02 Å². The summed E-state index contributed by atoms with van der Waals surface area (Å²) in [6.45, 7) is 2.27. The molecule has 0 radical (unpaired) electrons. The minimum Gasteiger partial charge on any atom is -0.479 e. The van der Waals surface area contributed by atoms with Crippen molar-refractivity contribution in [1.82, 2.24) is 9.88 Å². The SMILES string of the molecule is CC(Oc1cccc(Cl)c1Cl)C(=O)N(Cc1cccnc1)C1CC1. The maximum atomic E-state index is 12.8. The Morgan fingerprint density at radius 2 is 2.12 bits per heavy atom. The first-order valence-corrected chi connectivity index (χ1v) is 8.62. The Hall–Kier alpha value is -1.78. The largest absolute Gasteiger partial charge is 0.479 e. The quantitative estimate of drug-likeness (QED) is 0.765. The summed E-state index contributed by atoms with van der Waals surface area (Å²) in [5.41, 5.74) is 1.01. The highest BCUT2D eigenvalue weighted by Crippen LogP contribution is 2.33. The highest BCUT2D eigenvalue weighted by Gasteiger charge is 2.35. The summed E-state index contributed by atoms with van der Waals surface area (Å²) in [5.74, 6) is 0.361. The van der Waals surface area contributed by atoms with Crippen molar-refractivity contribution in [3.8, 4) is 5.75 Å². The van der Waals surface area contributed by atoms with Gasteiger partial charge in [0.1, 0.15) is 10.8 Å². The second-order valence-electron chi connectivity index (χ2n) is 5.87. The number of carbonyl (C=O) groups excluding carboxylic acids is 1. The first kappa shape index (κ1) is 17.1. The molecule has 24 heavy (non-hydrogen) atoms. The molecule has 0 saturated heterocycles. The van der Waals surface area contributed by atoms with Crippen molar-refractivity contribution in [2.45, 2.75) is 38.5 Å². The molecule has 1 aliphatic rings. The maximum Gasteiger partial charge on any atom is 0.263 e. The number of nitrogens with zero attached hydrogens (tertiary/aromatic N) is 2. The number of rotatable bonds is 6. The lowest BCUT2D eigenvalue weighted by Gasteiger charge is -2.26. The summed E-state index contributed by atoms with van der Waals surface area (Å²) in [7, 11) is 0. The number of carbonyl (C=O) groups is 1. The molecule has 3 rings (SSSR count). The van der Waals surface area contributed by atoms with Gasteiger partial charge >= 0.3 is 0 Å². The molecule has 1 aromatic heterocycles. The fourth-order valence-corrected chi connectivity index (χ4v) is 2.85. The fourth-order valence-electron chi connectivity index (χ4n) is 2.51. The Morgan fingerprint density at radius 1 is 1.33 bits per heavy atom. The molecule has 0 N–H and O–H groups in total. The van der Waals surface area contributed by atoms with Crippen LogP contribution in [0.3, 0.4) is 0 Å². The number of aromatic nitrogens is 1. The number of pyridine rings is 1. The van der Waals surface area contributed by atoms with Gasteiger partial charge in [0.2, 0.25) is 0 Å². The standard InChI is InChI=1S/C18H18Cl2N2O2/c1-12(24-16-6-2-5-15(19)17(16)20)18(23)22(14-7-8-14)11-13-4-3-9-21-10-13/h2-6,9-10,12,14H,7-8,11H2,1H3. The number of ether oxygens (including phenoxy) is 1. The summed E-state index contributed by atoms with van der Waals surface area (Å²) in [6.07, 6.45) is 4.91. The van der Waals surface area contributed by atoms with Crippen molar-refractivity contribution in [2.24, 2.45) is 0 Å². The van der Waals surface area contributed by atoms with Crippen LogP contribution < -0.4 is 4.74 Å². The van der Waals surface area contributed by atoms with Crippen molar-refractivity contribution < 1.29 is 9.53 Å². The molecule has 1 fully saturated rings. The van der Waals surface area contributed by atoms with E-state index in [0.717, 1.165) is 18.4 Å². The van der Waals surface area contributed by atoms with Crippen LogP contribution in [0, 0.1) is 0 Å². The molecule has 1 aromatic carbocycles. The molecule has 1 aliphatic carbocycles. The van der Waals surface area contributed by atoms with E-state index in [-0.39, 0.29) is 11.9 Å². The van der Waals surface area contributed by atoms with Gasteiger partial charge in [-0.15, -0.1) is 0 Å². The van der Waals surface area contributed by atoms with Crippen LogP contribution in [0.25, 0.3) is 0 Å². The van der Waals surface area contributed by atoms with E-state index in [9.17, 15) is 4.79 Å². The van der Waals surface area contributed by atoms with Gasteiger partial charge in [0.15, 0.2) is 6.10 Å². The molecule has 1 saturated carbocycles. The Kier molecular flexibility index (Phi) is 5.27. The van der Waals surface area contributed by atoms with Gasteiger partial charge in [-0.05, 0) is 43.5 Å². The predicted octanol–water partition coefficient (Wildman–Crippen LogP) is 4.35. The highest BCUT2D eigenvalue weighted by molar-refractivity contribution is 6.42. The summed E-state index contributed by atoms with van der Waals surface area (Å²) in [5, 5.41) is 0.729. The number of benzene rings is 1. The summed E-state index contributed by atoms with van der Waals surface area (Å²) in [6, 6.07) is 9.25. The number of halogens is 2. The van der Waals surface area contributed by atoms with E-state index in [1.807, 2.05) is 17.0 Å². The third kappa shape index (κ3) is 4.00. The molecule has 1 unspecified atom stereocenters. The first-order valence-electron chi connectivity index (χ1n) is 7.86. The van der Waals surface area contributed by atoms with Gasteiger partial charge in [0.25, 0.3) is 5.91 Å². The van der Waals surface area contributed by atoms with Crippen molar-refractivity contribution in [2.75, 3.05) is 0 Å². The van der Waals surface area contributed by atoms with Gasteiger partial charge in [-0.2, -0.15) is 0 Å². The fraction of sp³-hybridized carbons (Fsp3) is 0.333. The Balaban J connectivity index is 1.71.